The van der Waals surface area contributed by atoms with Crippen LogP contribution >= 0.6 is 0 Å². The van der Waals surface area contributed by atoms with Crippen LogP contribution in [-0.2, 0) is 0 Å². The van der Waals surface area contributed by atoms with Gasteiger partial charge in [0, 0.05) is 36.1 Å². The van der Waals surface area contributed by atoms with Crippen LogP contribution in [0.2, 0.25) is 0 Å². The predicted molar refractivity (Wildman–Crippen MR) is 139 cm³/mol. The summed E-state index contributed by atoms with van der Waals surface area (Å²) in [7, 11) is 1.54. The first-order valence-electron chi connectivity index (χ1n) is 12.6. The maximum atomic E-state index is 13.7. The summed E-state index contributed by atoms with van der Waals surface area (Å²) in [5, 5.41) is 25.6. The first-order chi connectivity index (χ1) is 18.1. The van der Waals surface area contributed by atoms with Crippen molar-refractivity contribution >= 4 is 22.3 Å². The molecule has 0 bridgehead atoms. The van der Waals surface area contributed by atoms with E-state index in [0.29, 0.717) is 51.4 Å². The minimum absolute atomic E-state index is 0.0401. The van der Waals surface area contributed by atoms with E-state index in [2.05, 4.69) is 57.8 Å². The van der Waals surface area contributed by atoms with E-state index in [9.17, 15) is 11.0 Å². The summed E-state index contributed by atoms with van der Waals surface area (Å²) in [6, 6.07) is 7.12. The van der Waals surface area contributed by atoms with Crippen molar-refractivity contribution in [1.82, 2.24) is 25.0 Å². The predicted octanol–water partition coefficient (Wildman–Crippen LogP) is 5.24. The highest BCUT2D eigenvalue weighted by Gasteiger charge is 2.27. The molecule has 1 aromatic carbocycles. The van der Waals surface area contributed by atoms with E-state index in [0.717, 1.165) is 12.8 Å². The van der Waals surface area contributed by atoms with E-state index in [1.165, 1.54) is 24.5 Å². The molecule has 3 heterocycles. The van der Waals surface area contributed by atoms with Gasteiger partial charge in [-0.3, -0.25) is 4.98 Å². The molecule has 0 radical (unpaired) electrons. The number of nitriles is 1. The number of fused-ring (bicyclic) bond motifs is 1. The van der Waals surface area contributed by atoms with Gasteiger partial charge in [-0.2, -0.15) is 9.65 Å². The van der Waals surface area contributed by atoms with Gasteiger partial charge in [0.15, 0.2) is 0 Å². The highest BCUT2D eigenvalue weighted by molar-refractivity contribution is 5.99. The number of nitrogens with one attached hydrogen (secondary N) is 2. The number of anilines is 2. The molecule has 0 unspecified atom stereocenters. The summed E-state index contributed by atoms with van der Waals surface area (Å²) >= 11 is 0. The Hall–Kier alpha value is -4.26. The lowest BCUT2D eigenvalue weighted by molar-refractivity contribution is 0.419. The Kier molecular flexibility index (Phi) is 6.04. The summed E-state index contributed by atoms with van der Waals surface area (Å²) < 4.78 is 30.6. The number of hydrogen-bond acceptors (Lipinski definition) is 8. The Morgan fingerprint density at radius 3 is 2.73 bits per heavy atom. The van der Waals surface area contributed by atoms with Crippen LogP contribution in [0.1, 0.15) is 63.9 Å². The summed E-state index contributed by atoms with van der Waals surface area (Å²) in [5.41, 5.74) is 2.81. The van der Waals surface area contributed by atoms with E-state index in [1.807, 2.05) is 6.07 Å². The molecule has 37 heavy (non-hydrogen) atoms. The van der Waals surface area contributed by atoms with Crippen LogP contribution < -0.4 is 15.4 Å². The SMILES string of the molecule is [2H][C@@](Nc1cc(OC)c2ncc(C#N)c(NCC(C)(C)C)c2c1)(c1ccc(F)nc1)c1cn(C2CC2)nn1. The largest absolute Gasteiger partial charge is 0.494 e. The lowest BCUT2D eigenvalue weighted by Crippen LogP contribution is -2.20. The second-order valence-corrected chi connectivity index (χ2v) is 10.3. The minimum Gasteiger partial charge on any atom is -0.494 e. The van der Waals surface area contributed by atoms with Gasteiger partial charge in [-0.25, -0.2) is 9.67 Å². The van der Waals surface area contributed by atoms with Gasteiger partial charge in [0.05, 0.1) is 38.0 Å². The molecule has 190 valence electrons. The number of aromatic nitrogens is 5. The number of halogens is 1. The molecule has 0 saturated heterocycles. The Morgan fingerprint density at radius 1 is 1.27 bits per heavy atom. The lowest BCUT2D eigenvalue weighted by atomic mass is 9.96. The molecule has 10 heteroatoms. The van der Waals surface area contributed by atoms with E-state index in [1.54, 1.807) is 24.1 Å². The molecule has 0 amide bonds. The number of benzene rings is 1. The van der Waals surface area contributed by atoms with Crippen molar-refractivity contribution < 1.29 is 10.5 Å². The number of methoxy groups -OCH3 is 1. The van der Waals surface area contributed by atoms with Crippen molar-refractivity contribution in [2.24, 2.45) is 5.41 Å². The van der Waals surface area contributed by atoms with Crippen LogP contribution in [0.15, 0.2) is 42.9 Å². The van der Waals surface area contributed by atoms with Gasteiger partial charge >= 0.3 is 0 Å². The van der Waals surface area contributed by atoms with E-state index in [4.69, 9.17) is 4.74 Å². The van der Waals surface area contributed by atoms with Gasteiger partial charge in [0.25, 0.3) is 0 Å². The third-order valence-corrected chi connectivity index (χ3v) is 6.05. The second kappa shape index (κ2) is 9.65. The smallest absolute Gasteiger partial charge is 0.212 e. The van der Waals surface area contributed by atoms with Gasteiger partial charge in [-0.05, 0) is 36.0 Å². The van der Waals surface area contributed by atoms with Crippen LogP contribution in [0.4, 0.5) is 15.8 Å². The van der Waals surface area contributed by atoms with Crippen molar-refractivity contribution in [3.05, 3.63) is 65.6 Å². The van der Waals surface area contributed by atoms with Gasteiger partial charge in [0.1, 0.15) is 23.0 Å². The summed E-state index contributed by atoms with van der Waals surface area (Å²) in [6.07, 6.45) is 6.61. The van der Waals surface area contributed by atoms with Gasteiger partial charge < -0.3 is 15.4 Å². The number of nitrogens with zero attached hydrogens (tertiary/aromatic N) is 6. The lowest BCUT2D eigenvalue weighted by Gasteiger charge is -2.22. The zero-order valence-corrected chi connectivity index (χ0v) is 21.2. The fraction of sp³-hybridized carbons (Fsp3) is 0.370. The third kappa shape index (κ3) is 5.31. The van der Waals surface area contributed by atoms with Crippen molar-refractivity contribution in [2.45, 2.75) is 45.7 Å². The van der Waals surface area contributed by atoms with E-state index < -0.39 is 12.0 Å². The molecule has 2 N–H and O–H groups in total. The zero-order chi connectivity index (χ0) is 27.1. The molecule has 5 rings (SSSR count). The van der Waals surface area contributed by atoms with E-state index >= 15 is 0 Å². The summed E-state index contributed by atoms with van der Waals surface area (Å²) in [4.78, 5) is 8.25. The van der Waals surface area contributed by atoms with Gasteiger partial charge in [-0.1, -0.05) is 32.1 Å². The van der Waals surface area contributed by atoms with Crippen LogP contribution in [0.5, 0.6) is 5.75 Å². The molecule has 0 spiro atoms. The topological polar surface area (TPSA) is 114 Å². The van der Waals surface area contributed by atoms with Crippen molar-refractivity contribution in [2.75, 3.05) is 24.3 Å². The standard InChI is InChI=1S/C27H29FN8O/c1-27(2,3)15-32-24-17(11-29)13-31-26-20(24)9-18(10-22(26)37-4)33-25(16-5-8-23(28)30-12-16)21-14-36(35-34-21)19-6-7-19/h5,8-10,12-14,19,25,33H,6-7,15H2,1-4H3,(H,31,32)/t25-/m1/s1/i25D. The number of hydrogen-bond donors (Lipinski definition) is 2. The molecule has 4 aromatic rings. The van der Waals surface area contributed by atoms with Gasteiger partial charge in [0.2, 0.25) is 5.95 Å². The molecule has 1 saturated carbocycles. The minimum atomic E-state index is -1.65. The Morgan fingerprint density at radius 2 is 2.08 bits per heavy atom. The first-order valence-corrected chi connectivity index (χ1v) is 12.1. The maximum Gasteiger partial charge on any atom is 0.212 e. The number of rotatable bonds is 8. The quantitative estimate of drug-likeness (QED) is 0.315. The highest BCUT2D eigenvalue weighted by atomic mass is 19.1. The number of pyridine rings is 2. The summed E-state index contributed by atoms with van der Waals surface area (Å²) in [5.74, 6) is -0.177. The Balaban J connectivity index is 1.64. The molecular weight excluding hydrogens is 471 g/mol. The monoisotopic (exact) mass is 501 g/mol. The molecule has 1 atom stereocenters. The number of ether oxygens (including phenoxy) is 1. The van der Waals surface area contributed by atoms with Crippen LogP contribution in [0.25, 0.3) is 10.9 Å². The zero-order valence-electron chi connectivity index (χ0n) is 22.2. The maximum absolute atomic E-state index is 13.7. The molecule has 1 aliphatic carbocycles. The van der Waals surface area contributed by atoms with Crippen molar-refractivity contribution in [1.29, 1.82) is 5.26 Å². The third-order valence-electron chi connectivity index (χ3n) is 6.05. The first kappa shape index (κ1) is 23.2. The molecular formula is C27H29FN8O. The van der Waals surface area contributed by atoms with E-state index in [-0.39, 0.29) is 11.5 Å². The average molecular weight is 502 g/mol. The second-order valence-electron chi connectivity index (χ2n) is 10.3. The molecule has 1 aliphatic rings. The fourth-order valence-electron chi connectivity index (χ4n) is 3.99. The average Bonchev–Trinajstić information content (AvgIpc) is 3.62. The Labute approximate surface area is 216 Å². The van der Waals surface area contributed by atoms with Crippen molar-refractivity contribution in [3.63, 3.8) is 0 Å². The summed E-state index contributed by atoms with van der Waals surface area (Å²) in [6.45, 7) is 6.92. The highest BCUT2D eigenvalue weighted by Crippen LogP contribution is 2.38. The van der Waals surface area contributed by atoms with Crippen molar-refractivity contribution in [3.8, 4) is 11.8 Å². The van der Waals surface area contributed by atoms with Crippen LogP contribution in [0.3, 0.4) is 0 Å². The Bertz CT molecular complexity index is 1520. The molecule has 9 nitrogen and oxygen atoms in total. The van der Waals surface area contributed by atoms with Gasteiger partial charge in [-0.15, -0.1) is 5.10 Å². The molecule has 3 aromatic heterocycles. The van der Waals surface area contributed by atoms with Crippen LogP contribution in [-0.4, -0.2) is 38.6 Å². The molecule has 1 fully saturated rings. The molecule has 0 aliphatic heterocycles. The normalized spacial score (nSPS) is 15.5. The fourth-order valence-corrected chi connectivity index (χ4v) is 3.99. The van der Waals surface area contributed by atoms with Crippen LogP contribution in [0, 0.1) is 22.7 Å².